The van der Waals surface area contributed by atoms with Crippen LogP contribution in [0.4, 0.5) is 5.69 Å². The minimum atomic E-state index is -4.10. The normalized spacial score (nSPS) is 29.9. The average Bonchev–Trinajstić information content (AvgIpc) is 2.33. The molecule has 1 aromatic carbocycles. The third-order valence-electron chi connectivity index (χ3n) is 2.93. The van der Waals surface area contributed by atoms with Crippen molar-refractivity contribution in [1.29, 1.82) is 0 Å². The van der Waals surface area contributed by atoms with Crippen molar-refractivity contribution in [2.24, 2.45) is 5.41 Å². The van der Waals surface area contributed by atoms with Crippen LogP contribution in [0.5, 0.6) is 0 Å². The second-order valence-corrected chi connectivity index (χ2v) is 6.47. The van der Waals surface area contributed by atoms with Gasteiger partial charge in [-0.3, -0.25) is 19.2 Å². The topological polar surface area (TPSA) is 98.9 Å². The predicted octanol–water partition coefficient (Wildman–Crippen LogP) is 2.81. The Morgan fingerprint density at radius 2 is 2.21 bits per heavy atom. The Bertz CT molecular complexity index is 558. The number of nitro groups is 1. The zero-order valence-electron chi connectivity index (χ0n) is 10.5. The van der Waals surface area contributed by atoms with Crippen molar-refractivity contribution in [2.45, 2.75) is 20.0 Å². The highest BCUT2D eigenvalue weighted by atomic mass is 31.2. The molecule has 0 saturated carbocycles. The monoisotopic (exact) mass is 287 g/mol. The molecule has 1 N–H and O–H groups in total. The van der Waals surface area contributed by atoms with E-state index in [0.29, 0.717) is 5.56 Å². The van der Waals surface area contributed by atoms with Gasteiger partial charge >= 0.3 is 7.82 Å². The summed E-state index contributed by atoms with van der Waals surface area (Å²) < 4.78 is 21.3. The van der Waals surface area contributed by atoms with Crippen molar-refractivity contribution in [3.8, 4) is 0 Å². The maximum absolute atomic E-state index is 11.5. The number of hydrogen-bond acceptors (Lipinski definition) is 5. The maximum atomic E-state index is 11.5. The Morgan fingerprint density at radius 3 is 2.84 bits per heavy atom. The number of non-ortho nitro benzene ring substituents is 1. The Kier molecular flexibility index (Phi) is 3.49. The van der Waals surface area contributed by atoms with Crippen LogP contribution in [0.15, 0.2) is 24.3 Å². The van der Waals surface area contributed by atoms with Gasteiger partial charge in [0.2, 0.25) is 0 Å². The largest absolute Gasteiger partial charge is 0.472 e. The first kappa shape index (κ1) is 14.1. The van der Waals surface area contributed by atoms with Gasteiger partial charge in [0.05, 0.1) is 11.5 Å². The molecule has 2 rings (SSSR count). The highest BCUT2D eigenvalue weighted by molar-refractivity contribution is 7.47. The van der Waals surface area contributed by atoms with E-state index in [1.165, 1.54) is 18.2 Å². The molecule has 1 saturated heterocycles. The Morgan fingerprint density at radius 1 is 1.53 bits per heavy atom. The van der Waals surface area contributed by atoms with Crippen LogP contribution in [0.25, 0.3) is 0 Å². The molecule has 1 aliphatic heterocycles. The maximum Gasteiger partial charge on any atom is 0.472 e. The summed E-state index contributed by atoms with van der Waals surface area (Å²) in [4.78, 5) is 19.6. The lowest BCUT2D eigenvalue weighted by Gasteiger charge is -2.39. The van der Waals surface area contributed by atoms with Crippen molar-refractivity contribution in [3.05, 3.63) is 39.9 Å². The van der Waals surface area contributed by atoms with Crippen LogP contribution in [-0.2, 0) is 13.6 Å². The third kappa shape index (κ3) is 3.01. The van der Waals surface area contributed by atoms with E-state index in [9.17, 15) is 19.6 Å². The number of nitro benzene ring substituents is 1. The second kappa shape index (κ2) is 4.68. The van der Waals surface area contributed by atoms with Crippen LogP contribution >= 0.6 is 7.82 Å². The lowest BCUT2D eigenvalue weighted by atomic mass is 9.83. The van der Waals surface area contributed by atoms with Gasteiger partial charge in [-0.25, -0.2) is 4.57 Å². The van der Waals surface area contributed by atoms with Crippen LogP contribution in [-0.4, -0.2) is 16.4 Å². The molecule has 0 spiro atoms. The Labute approximate surface area is 109 Å². The molecule has 0 aromatic heterocycles. The van der Waals surface area contributed by atoms with Crippen molar-refractivity contribution in [3.63, 3.8) is 0 Å². The molecule has 1 heterocycles. The first-order chi connectivity index (χ1) is 8.71. The molecule has 0 aliphatic carbocycles. The first-order valence-electron chi connectivity index (χ1n) is 5.61. The molecule has 8 heteroatoms. The van der Waals surface area contributed by atoms with Crippen LogP contribution in [0.2, 0.25) is 0 Å². The lowest BCUT2D eigenvalue weighted by Crippen LogP contribution is -2.33. The number of phosphoric ester groups is 1. The van der Waals surface area contributed by atoms with E-state index in [0.717, 1.165) is 0 Å². The van der Waals surface area contributed by atoms with E-state index >= 15 is 0 Å². The summed E-state index contributed by atoms with van der Waals surface area (Å²) in [6, 6.07) is 5.85. The van der Waals surface area contributed by atoms with Gasteiger partial charge in [0, 0.05) is 17.5 Å². The summed E-state index contributed by atoms with van der Waals surface area (Å²) in [5, 5.41) is 10.8. The third-order valence-corrected chi connectivity index (χ3v) is 3.86. The number of phosphoric acid groups is 1. The van der Waals surface area contributed by atoms with Crippen LogP contribution in [0.3, 0.4) is 0 Å². The van der Waals surface area contributed by atoms with Gasteiger partial charge in [-0.1, -0.05) is 26.0 Å². The molecule has 7 nitrogen and oxygen atoms in total. The van der Waals surface area contributed by atoms with E-state index in [-0.39, 0.29) is 12.3 Å². The molecule has 1 aromatic rings. The standard InChI is InChI=1S/C11H14NO6P/c1-11(2)7-17-19(15,16)18-10(11)8-4-3-5-9(6-8)12(13)14/h3-6,10H,7H2,1-2H3,(H,15,16). The van der Waals surface area contributed by atoms with Crippen LogP contribution in [0, 0.1) is 15.5 Å². The minimum Gasteiger partial charge on any atom is -0.302 e. The molecule has 2 unspecified atom stereocenters. The van der Waals surface area contributed by atoms with Crippen LogP contribution in [0.1, 0.15) is 25.5 Å². The highest BCUT2D eigenvalue weighted by Crippen LogP contribution is 2.58. The number of rotatable bonds is 2. The summed E-state index contributed by atoms with van der Waals surface area (Å²) in [7, 11) is -4.10. The SMILES string of the molecule is CC1(C)COP(=O)(O)OC1c1cccc([N+](=O)[O-])c1. The van der Waals surface area contributed by atoms with Crippen molar-refractivity contribution < 1.29 is 23.4 Å². The van der Waals surface area contributed by atoms with Gasteiger partial charge in [0.25, 0.3) is 5.69 Å². The van der Waals surface area contributed by atoms with Gasteiger partial charge in [0.15, 0.2) is 0 Å². The predicted molar refractivity (Wildman–Crippen MR) is 66.5 cm³/mol. The number of hydrogen-bond donors (Lipinski definition) is 1. The summed E-state index contributed by atoms with van der Waals surface area (Å²) in [6.07, 6.45) is -0.739. The van der Waals surface area contributed by atoms with E-state index in [1.54, 1.807) is 19.9 Å². The first-order valence-corrected chi connectivity index (χ1v) is 7.11. The summed E-state index contributed by atoms with van der Waals surface area (Å²) in [5.41, 5.74) is -0.167. The van der Waals surface area contributed by atoms with Crippen molar-refractivity contribution in [1.82, 2.24) is 0 Å². The molecule has 1 fully saturated rings. The molecule has 2 atom stereocenters. The zero-order chi connectivity index (χ0) is 14.3. The van der Waals surface area contributed by atoms with Crippen molar-refractivity contribution in [2.75, 3.05) is 6.61 Å². The molecule has 0 radical (unpaired) electrons. The molecule has 104 valence electrons. The van der Waals surface area contributed by atoms with Gasteiger partial charge in [-0.15, -0.1) is 0 Å². The molecular formula is C11H14NO6P. The quantitative estimate of drug-likeness (QED) is 0.510. The number of benzene rings is 1. The zero-order valence-corrected chi connectivity index (χ0v) is 11.4. The fraction of sp³-hybridized carbons (Fsp3) is 0.455. The fourth-order valence-corrected chi connectivity index (χ4v) is 3.17. The van der Waals surface area contributed by atoms with E-state index in [2.05, 4.69) is 0 Å². The average molecular weight is 287 g/mol. The van der Waals surface area contributed by atoms with Crippen LogP contribution < -0.4 is 0 Å². The van der Waals surface area contributed by atoms with E-state index < -0.39 is 24.3 Å². The Balaban J connectivity index is 2.40. The number of nitrogens with zero attached hydrogens (tertiary/aromatic N) is 1. The molecule has 19 heavy (non-hydrogen) atoms. The van der Waals surface area contributed by atoms with Gasteiger partial charge in [0.1, 0.15) is 6.10 Å². The van der Waals surface area contributed by atoms with E-state index in [1.807, 2.05) is 0 Å². The van der Waals surface area contributed by atoms with Gasteiger partial charge < -0.3 is 4.89 Å². The summed E-state index contributed by atoms with van der Waals surface area (Å²) in [6.45, 7) is 3.64. The molecule has 0 bridgehead atoms. The fourth-order valence-electron chi connectivity index (χ4n) is 1.94. The van der Waals surface area contributed by atoms with Crippen molar-refractivity contribution >= 4 is 13.5 Å². The Hall–Kier alpha value is -1.27. The molecule has 1 aliphatic rings. The molecular weight excluding hydrogens is 273 g/mol. The van der Waals surface area contributed by atoms with Gasteiger partial charge in [-0.05, 0) is 5.56 Å². The van der Waals surface area contributed by atoms with Gasteiger partial charge in [-0.2, -0.15) is 0 Å². The lowest BCUT2D eigenvalue weighted by molar-refractivity contribution is -0.385. The summed E-state index contributed by atoms with van der Waals surface area (Å²) in [5.74, 6) is 0. The smallest absolute Gasteiger partial charge is 0.302 e. The minimum absolute atomic E-state index is 0.0358. The summed E-state index contributed by atoms with van der Waals surface area (Å²) >= 11 is 0. The van der Waals surface area contributed by atoms with E-state index in [4.69, 9.17) is 9.05 Å². The molecule has 0 amide bonds. The second-order valence-electron chi connectivity index (χ2n) is 5.07. The highest BCUT2D eigenvalue weighted by Gasteiger charge is 2.44.